The first-order valence-corrected chi connectivity index (χ1v) is 8.39. The van der Waals surface area contributed by atoms with Crippen LogP contribution in [0.4, 0.5) is 5.69 Å². The summed E-state index contributed by atoms with van der Waals surface area (Å²) < 4.78 is 0. The van der Waals surface area contributed by atoms with Crippen LogP contribution in [0.5, 0.6) is 0 Å². The molecular weight excluding hydrogens is 284 g/mol. The topological polar surface area (TPSA) is 32.3 Å². The van der Waals surface area contributed by atoms with Crippen molar-refractivity contribution in [1.29, 1.82) is 0 Å². The average molecular weight is 308 g/mol. The van der Waals surface area contributed by atoms with E-state index >= 15 is 0 Å². The van der Waals surface area contributed by atoms with Gasteiger partial charge in [0.15, 0.2) is 0 Å². The third kappa shape index (κ3) is 3.99. The molecule has 1 amide bonds. The summed E-state index contributed by atoms with van der Waals surface area (Å²) in [5, 5.41) is 3.03. The average Bonchev–Trinajstić information content (AvgIpc) is 2.63. The Bertz CT molecular complexity index is 619. The molecule has 1 aliphatic rings. The lowest BCUT2D eigenvalue weighted by Gasteiger charge is -2.35. The largest absolute Gasteiger partial charge is 0.326 e. The first-order chi connectivity index (χ1) is 11.2. The Labute approximate surface area is 138 Å². The van der Waals surface area contributed by atoms with E-state index < -0.39 is 0 Å². The van der Waals surface area contributed by atoms with E-state index in [4.69, 9.17) is 0 Å². The molecule has 0 bridgehead atoms. The van der Waals surface area contributed by atoms with Crippen molar-refractivity contribution in [3.8, 4) is 0 Å². The van der Waals surface area contributed by atoms with Crippen LogP contribution in [0, 0.1) is 5.92 Å². The summed E-state index contributed by atoms with van der Waals surface area (Å²) in [6, 6.07) is 20.7. The Hall–Kier alpha value is -2.13. The Morgan fingerprint density at radius 1 is 1.00 bits per heavy atom. The number of anilines is 1. The van der Waals surface area contributed by atoms with Crippen LogP contribution in [0.3, 0.4) is 0 Å². The van der Waals surface area contributed by atoms with Gasteiger partial charge in [-0.15, -0.1) is 0 Å². The van der Waals surface area contributed by atoms with E-state index in [1.54, 1.807) is 0 Å². The van der Waals surface area contributed by atoms with Gasteiger partial charge in [-0.05, 0) is 50.6 Å². The van der Waals surface area contributed by atoms with Crippen LogP contribution in [0.1, 0.15) is 31.4 Å². The maximum atomic E-state index is 12.4. The second-order valence-corrected chi connectivity index (χ2v) is 6.25. The normalized spacial score (nSPS) is 17.6. The first-order valence-electron chi connectivity index (χ1n) is 8.39. The molecule has 120 valence electrons. The molecular formula is C20H24N2O. The lowest BCUT2D eigenvalue weighted by molar-refractivity contribution is -0.121. The van der Waals surface area contributed by atoms with Crippen LogP contribution in [0.2, 0.25) is 0 Å². The lowest BCUT2D eigenvalue weighted by atomic mass is 9.93. The first kappa shape index (κ1) is 15.8. The van der Waals surface area contributed by atoms with Crippen molar-refractivity contribution < 1.29 is 4.79 Å². The maximum absolute atomic E-state index is 12.4. The van der Waals surface area contributed by atoms with Gasteiger partial charge in [0.2, 0.25) is 5.91 Å². The minimum atomic E-state index is 0.120. The highest BCUT2D eigenvalue weighted by Crippen LogP contribution is 2.27. The molecule has 1 saturated heterocycles. The highest BCUT2D eigenvalue weighted by atomic mass is 16.1. The fraction of sp³-hybridized carbons (Fsp3) is 0.350. The van der Waals surface area contributed by atoms with Gasteiger partial charge < -0.3 is 5.32 Å². The number of nitrogens with zero attached hydrogens (tertiary/aromatic N) is 1. The Morgan fingerprint density at radius 3 is 2.17 bits per heavy atom. The molecule has 0 unspecified atom stereocenters. The number of amides is 1. The Kier molecular flexibility index (Phi) is 5.09. The number of para-hydroxylation sites is 1. The summed E-state index contributed by atoms with van der Waals surface area (Å²) in [7, 11) is 0. The van der Waals surface area contributed by atoms with Gasteiger partial charge in [0.1, 0.15) is 0 Å². The zero-order valence-corrected chi connectivity index (χ0v) is 13.6. The van der Waals surface area contributed by atoms with Crippen molar-refractivity contribution in [2.75, 3.05) is 18.4 Å². The van der Waals surface area contributed by atoms with Gasteiger partial charge >= 0.3 is 0 Å². The number of piperidine rings is 1. The van der Waals surface area contributed by atoms with E-state index in [0.29, 0.717) is 6.04 Å². The van der Waals surface area contributed by atoms with Gasteiger partial charge in [0.25, 0.3) is 0 Å². The monoisotopic (exact) mass is 308 g/mol. The van der Waals surface area contributed by atoms with Crippen molar-refractivity contribution in [3.05, 3.63) is 66.2 Å². The zero-order chi connectivity index (χ0) is 16.1. The maximum Gasteiger partial charge on any atom is 0.227 e. The molecule has 1 atom stereocenters. The van der Waals surface area contributed by atoms with E-state index in [1.165, 1.54) is 5.56 Å². The van der Waals surface area contributed by atoms with Crippen LogP contribution in [0.25, 0.3) is 0 Å². The van der Waals surface area contributed by atoms with Gasteiger partial charge in [-0.3, -0.25) is 9.69 Å². The summed E-state index contributed by atoms with van der Waals surface area (Å²) in [6.07, 6.45) is 1.85. The van der Waals surface area contributed by atoms with Gasteiger partial charge in [0, 0.05) is 17.6 Å². The summed E-state index contributed by atoms with van der Waals surface area (Å²) in [6.45, 7) is 4.20. The molecule has 2 aromatic carbocycles. The minimum absolute atomic E-state index is 0.120. The van der Waals surface area contributed by atoms with Crippen LogP contribution in [-0.4, -0.2) is 23.9 Å². The van der Waals surface area contributed by atoms with Crippen LogP contribution in [-0.2, 0) is 4.79 Å². The zero-order valence-electron chi connectivity index (χ0n) is 13.6. The number of benzene rings is 2. The third-order valence-electron chi connectivity index (χ3n) is 4.77. The quantitative estimate of drug-likeness (QED) is 0.922. The number of carbonyl (C=O) groups excluding carboxylic acids is 1. The van der Waals surface area contributed by atoms with E-state index in [9.17, 15) is 4.79 Å². The second-order valence-electron chi connectivity index (χ2n) is 6.25. The van der Waals surface area contributed by atoms with Crippen LogP contribution in [0.15, 0.2) is 60.7 Å². The van der Waals surface area contributed by atoms with Gasteiger partial charge in [0.05, 0.1) is 0 Å². The molecule has 0 aromatic heterocycles. The number of hydrogen-bond acceptors (Lipinski definition) is 2. The fourth-order valence-corrected chi connectivity index (χ4v) is 3.26. The van der Waals surface area contributed by atoms with E-state index in [-0.39, 0.29) is 11.8 Å². The summed E-state index contributed by atoms with van der Waals surface area (Å²) in [5.41, 5.74) is 2.23. The van der Waals surface area contributed by atoms with E-state index in [2.05, 4.69) is 47.5 Å². The molecule has 1 aliphatic heterocycles. The standard InChI is InChI=1S/C20H24N2O/c1-16(17-8-4-2-5-9-17)22-14-12-18(13-15-22)20(23)21-19-10-6-3-7-11-19/h2-11,16,18H,12-15H2,1H3,(H,21,23)/t16-/m0/s1. The molecule has 1 N–H and O–H groups in total. The van der Waals surface area contributed by atoms with Gasteiger partial charge in [-0.2, -0.15) is 0 Å². The molecule has 0 aliphatic carbocycles. The van der Waals surface area contributed by atoms with Gasteiger partial charge in [-0.1, -0.05) is 48.5 Å². The number of nitrogens with one attached hydrogen (secondary N) is 1. The van der Waals surface area contributed by atoms with E-state index in [0.717, 1.165) is 31.6 Å². The van der Waals surface area contributed by atoms with Crippen molar-refractivity contribution >= 4 is 11.6 Å². The molecule has 3 nitrogen and oxygen atoms in total. The highest BCUT2D eigenvalue weighted by molar-refractivity contribution is 5.92. The third-order valence-corrected chi connectivity index (χ3v) is 4.77. The smallest absolute Gasteiger partial charge is 0.227 e. The summed E-state index contributed by atoms with van der Waals surface area (Å²) >= 11 is 0. The molecule has 0 saturated carbocycles. The molecule has 23 heavy (non-hydrogen) atoms. The predicted molar refractivity (Wildman–Crippen MR) is 94.2 cm³/mol. The highest BCUT2D eigenvalue weighted by Gasteiger charge is 2.27. The summed E-state index contributed by atoms with van der Waals surface area (Å²) in [4.78, 5) is 14.9. The Balaban J connectivity index is 1.53. The molecule has 1 fully saturated rings. The number of carbonyl (C=O) groups is 1. The fourth-order valence-electron chi connectivity index (χ4n) is 3.26. The SMILES string of the molecule is C[C@@H](c1ccccc1)N1CCC(C(=O)Nc2ccccc2)CC1. The minimum Gasteiger partial charge on any atom is -0.326 e. The van der Waals surface area contributed by atoms with Crippen LogP contribution < -0.4 is 5.32 Å². The predicted octanol–water partition coefficient (Wildman–Crippen LogP) is 4.10. The van der Waals surface area contributed by atoms with E-state index in [1.807, 2.05) is 30.3 Å². The Morgan fingerprint density at radius 2 is 1.57 bits per heavy atom. The van der Waals surface area contributed by atoms with Crippen molar-refractivity contribution in [3.63, 3.8) is 0 Å². The second kappa shape index (κ2) is 7.42. The van der Waals surface area contributed by atoms with Gasteiger partial charge in [-0.25, -0.2) is 0 Å². The molecule has 1 heterocycles. The van der Waals surface area contributed by atoms with Crippen molar-refractivity contribution in [2.45, 2.75) is 25.8 Å². The number of hydrogen-bond donors (Lipinski definition) is 1. The van der Waals surface area contributed by atoms with Crippen molar-refractivity contribution in [2.24, 2.45) is 5.92 Å². The number of rotatable bonds is 4. The molecule has 2 aromatic rings. The lowest BCUT2D eigenvalue weighted by Crippen LogP contribution is -2.39. The molecule has 3 rings (SSSR count). The van der Waals surface area contributed by atoms with Crippen molar-refractivity contribution in [1.82, 2.24) is 4.90 Å². The molecule has 3 heteroatoms. The number of likely N-dealkylation sites (tertiary alicyclic amines) is 1. The summed E-state index contributed by atoms with van der Waals surface area (Å²) in [5.74, 6) is 0.276. The molecule has 0 radical (unpaired) electrons. The molecule has 0 spiro atoms. The van der Waals surface area contributed by atoms with Crippen LogP contribution >= 0.6 is 0 Å².